The summed E-state index contributed by atoms with van der Waals surface area (Å²) in [7, 11) is 1.35. The van der Waals surface area contributed by atoms with Gasteiger partial charge >= 0.3 is 5.97 Å². The number of unbranched alkanes of at least 4 members (excludes halogenated alkanes) is 9. The summed E-state index contributed by atoms with van der Waals surface area (Å²) < 4.78 is 4.91. The first kappa shape index (κ1) is 37.3. The van der Waals surface area contributed by atoms with Crippen molar-refractivity contribution < 1.29 is 19.1 Å². The zero-order chi connectivity index (χ0) is 30.2. The van der Waals surface area contributed by atoms with Gasteiger partial charge in [0.05, 0.1) is 12.7 Å². The maximum absolute atomic E-state index is 13.2. The number of esters is 1. The van der Waals surface area contributed by atoms with Gasteiger partial charge in [-0.25, -0.2) is 4.79 Å². The summed E-state index contributed by atoms with van der Waals surface area (Å²) >= 11 is 0. The van der Waals surface area contributed by atoms with Gasteiger partial charge in [0.1, 0.15) is 6.04 Å². The largest absolute Gasteiger partial charge is 0.465 e. The van der Waals surface area contributed by atoms with Gasteiger partial charge in [0.25, 0.3) is 0 Å². The van der Waals surface area contributed by atoms with Crippen molar-refractivity contribution in [3.63, 3.8) is 0 Å². The number of hydrogen-bond acceptors (Lipinski definition) is 5. The fourth-order valence-electron chi connectivity index (χ4n) is 4.17. The monoisotopic (exact) mass is 559 g/mol. The summed E-state index contributed by atoms with van der Waals surface area (Å²) in [4.78, 5) is 43.0. The van der Waals surface area contributed by atoms with E-state index in [1.54, 1.807) is 18.2 Å². The van der Waals surface area contributed by atoms with Crippen molar-refractivity contribution in [1.82, 2.24) is 10.6 Å². The number of allylic oxidation sites excluding steroid dienone is 3. The third kappa shape index (κ3) is 17.8. The maximum Gasteiger partial charge on any atom is 0.337 e. The number of amides is 2. The topological polar surface area (TPSA) is 96.9 Å². The van der Waals surface area contributed by atoms with Crippen LogP contribution in [0.2, 0.25) is 0 Å². The zero-order valence-electron chi connectivity index (χ0n) is 26.4. The Morgan fingerprint density at radius 1 is 0.875 bits per heavy atom. The molecule has 0 bridgehead atoms. The molecule has 0 spiro atoms. The molecule has 0 aliphatic rings. The van der Waals surface area contributed by atoms with Gasteiger partial charge in [-0.05, 0) is 38.7 Å². The van der Waals surface area contributed by atoms with Gasteiger partial charge < -0.3 is 15.4 Å². The summed E-state index contributed by atoms with van der Waals surface area (Å²) in [5.74, 6) is -0.710. The van der Waals surface area contributed by atoms with E-state index in [1.165, 1.54) is 32.8 Å². The van der Waals surface area contributed by atoms with Crippen LogP contribution in [0, 0.1) is 5.92 Å². The average molecular weight is 560 g/mol. The highest BCUT2D eigenvalue weighted by atomic mass is 16.5. The number of nitrogens with one attached hydrogen (secondary N) is 2. The first-order chi connectivity index (χ1) is 19.2. The van der Waals surface area contributed by atoms with Crippen molar-refractivity contribution in [3.05, 3.63) is 35.6 Å². The molecule has 0 radical (unpaired) electrons. The molecule has 7 heteroatoms. The maximum atomic E-state index is 13.2. The van der Waals surface area contributed by atoms with E-state index in [9.17, 15) is 14.4 Å². The molecule has 2 N–H and O–H groups in total. The first-order valence-corrected chi connectivity index (χ1v) is 15.5. The highest BCUT2D eigenvalue weighted by molar-refractivity contribution is 6.05. The van der Waals surface area contributed by atoms with Gasteiger partial charge in [0, 0.05) is 30.8 Å². The molecule has 7 nitrogen and oxygen atoms in total. The lowest BCUT2D eigenvalue weighted by atomic mass is 10.0. The Morgan fingerprint density at radius 3 is 2.02 bits per heavy atom. The van der Waals surface area contributed by atoms with Gasteiger partial charge in [-0.1, -0.05) is 104 Å². The van der Waals surface area contributed by atoms with Crippen LogP contribution in [0.4, 0.5) is 0 Å². The standard InChI is InChI=1S/C33H57N3O4/c1-8-12-14-16-17-18-19-22-31(37)36-30(32(38)34-23-20-15-13-9-2)25-28(11-4)35-29(26(5)6)24-27(21-10-3)33(39)40-7/h10-11,21,24,26,30H,8-9,12-20,22-23,25H2,1-7H3,(H,34,38)(H,36,37)/b21-10-,27-24+,28-11-,35-29-. The van der Waals surface area contributed by atoms with E-state index in [1.807, 2.05) is 33.8 Å². The molecular weight excluding hydrogens is 502 g/mol. The Balaban J connectivity index is 5.62. The molecule has 0 rings (SSSR count). The van der Waals surface area contributed by atoms with E-state index in [2.05, 4.69) is 24.5 Å². The number of carbonyl (C=O) groups excluding carboxylic acids is 3. The Morgan fingerprint density at radius 2 is 1.48 bits per heavy atom. The van der Waals surface area contributed by atoms with Crippen molar-refractivity contribution in [2.45, 2.75) is 131 Å². The Bertz CT molecular complexity index is 856. The summed E-state index contributed by atoms with van der Waals surface area (Å²) in [5, 5.41) is 5.98. The molecule has 2 amide bonds. The molecule has 0 fully saturated rings. The third-order valence-corrected chi connectivity index (χ3v) is 6.67. The number of ether oxygens (including phenoxy) is 1. The molecular formula is C33H57N3O4. The molecule has 0 aromatic carbocycles. The second-order valence-corrected chi connectivity index (χ2v) is 10.6. The minimum atomic E-state index is -0.716. The molecule has 0 aliphatic heterocycles. The minimum absolute atomic E-state index is 0.0256. The smallest absolute Gasteiger partial charge is 0.337 e. The van der Waals surface area contributed by atoms with Crippen LogP contribution < -0.4 is 10.6 Å². The van der Waals surface area contributed by atoms with Crippen LogP contribution in [0.15, 0.2) is 40.6 Å². The molecule has 1 unspecified atom stereocenters. The Kier molecular flexibility index (Phi) is 22.5. The summed E-state index contributed by atoms with van der Waals surface area (Å²) in [6.45, 7) is 12.6. The zero-order valence-corrected chi connectivity index (χ0v) is 26.4. The number of aliphatic imine (C=N–C) groups is 1. The van der Waals surface area contributed by atoms with Crippen molar-refractivity contribution in [2.75, 3.05) is 13.7 Å². The molecule has 0 saturated carbocycles. The average Bonchev–Trinajstić information content (AvgIpc) is 2.94. The highest BCUT2D eigenvalue weighted by Crippen LogP contribution is 2.15. The quantitative estimate of drug-likeness (QED) is 0.0476. The highest BCUT2D eigenvalue weighted by Gasteiger charge is 2.22. The number of hydrogen-bond donors (Lipinski definition) is 2. The number of rotatable bonds is 22. The SMILES string of the molecule is C\C=C/C(=C\C(=N\C(=C/C)CC(NC(=O)CCCCCCCCC)C(=O)NCCCCCC)C(C)C)C(=O)OC. The second kappa shape index (κ2) is 24.1. The third-order valence-electron chi connectivity index (χ3n) is 6.67. The summed E-state index contributed by atoms with van der Waals surface area (Å²) in [6, 6.07) is -0.716. The van der Waals surface area contributed by atoms with E-state index in [0.29, 0.717) is 29.9 Å². The van der Waals surface area contributed by atoms with Crippen molar-refractivity contribution in [2.24, 2.45) is 10.9 Å². The van der Waals surface area contributed by atoms with Gasteiger partial charge in [0.15, 0.2) is 0 Å². The molecule has 0 aromatic heterocycles. The van der Waals surface area contributed by atoms with E-state index < -0.39 is 12.0 Å². The van der Waals surface area contributed by atoms with E-state index in [0.717, 1.165) is 44.9 Å². The normalized spacial score (nSPS) is 13.6. The van der Waals surface area contributed by atoms with Crippen LogP contribution in [0.25, 0.3) is 0 Å². The summed E-state index contributed by atoms with van der Waals surface area (Å²) in [6.07, 6.45) is 19.9. The van der Waals surface area contributed by atoms with Gasteiger partial charge in [-0.15, -0.1) is 0 Å². The fraction of sp³-hybridized carbons (Fsp3) is 0.697. The number of nitrogens with zero attached hydrogens (tertiary/aromatic N) is 1. The van der Waals surface area contributed by atoms with Crippen LogP contribution in [-0.4, -0.2) is 43.2 Å². The lowest BCUT2D eigenvalue weighted by Crippen LogP contribution is -2.47. The van der Waals surface area contributed by atoms with Crippen molar-refractivity contribution in [1.29, 1.82) is 0 Å². The molecule has 0 aliphatic carbocycles. The fourth-order valence-corrected chi connectivity index (χ4v) is 4.17. The van der Waals surface area contributed by atoms with Crippen molar-refractivity contribution >= 4 is 23.5 Å². The van der Waals surface area contributed by atoms with E-state index in [-0.39, 0.29) is 24.2 Å². The van der Waals surface area contributed by atoms with Crippen LogP contribution in [0.3, 0.4) is 0 Å². The molecule has 228 valence electrons. The van der Waals surface area contributed by atoms with Crippen LogP contribution in [-0.2, 0) is 19.1 Å². The van der Waals surface area contributed by atoms with Crippen molar-refractivity contribution in [3.8, 4) is 0 Å². The lowest BCUT2D eigenvalue weighted by Gasteiger charge is -2.20. The minimum Gasteiger partial charge on any atom is -0.465 e. The number of methoxy groups -OCH3 is 1. The van der Waals surface area contributed by atoms with E-state index >= 15 is 0 Å². The van der Waals surface area contributed by atoms with Crippen LogP contribution >= 0.6 is 0 Å². The molecule has 40 heavy (non-hydrogen) atoms. The van der Waals surface area contributed by atoms with Crippen LogP contribution in [0.1, 0.15) is 125 Å². The van der Waals surface area contributed by atoms with Crippen LogP contribution in [0.5, 0.6) is 0 Å². The Hall–Kier alpha value is -2.70. The number of carbonyl (C=O) groups is 3. The molecule has 0 saturated heterocycles. The van der Waals surface area contributed by atoms with Gasteiger partial charge in [0.2, 0.25) is 11.8 Å². The molecule has 1 atom stereocenters. The molecule has 0 heterocycles. The predicted octanol–water partition coefficient (Wildman–Crippen LogP) is 7.37. The van der Waals surface area contributed by atoms with Gasteiger partial charge in [-0.3, -0.25) is 14.6 Å². The Labute approximate surface area is 244 Å². The predicted molar refractivity (Wildman–Crippen MR) is 167 cm³/mol. The van der Waals surface area contributed by atoms with E-state index in [4.69, 9.17) is 9.73 Å². The summed E-state index contributed by atoms with van der Waals surface area (Å²) in [5.41, 5.74) is 1.77. The van der Waals surface area contributed by atoms with Gasteiger partial charge in [-0.2, -0.15) is 0 Å². The second-order valence-electron chi connectivity index (χ2n) is 10.6. The molecule has 0 aromatic rings. The lowest BCUT2D eigenvalue weighted by molar-refractivity contribution is -0.135. The first-order valence-electron chi connectivity index (χ1n) is 15.5.